The van der Waals surface area contributed by atoms with Crippen molar-refractivity contribution in [3.05, 3.63) is 76.8 Å². The minimum Gasteiger partial charge on any atom is -0.493 e. The predicted octanol–water partition coefficient (Wildman–Crippen LogP) is 6.97. The summed E-state index contributed by atoms with van der Waals surface area (Å²) in [7, 11) is 0. The molecule has 1 fully saturated rings. The van der Waals surface area contributed by atoms with E-state index in [1.807, 2.05) is 42.5 Å². The maximum absolute atomic E-state index is 10.8. The lowest BCUT2D eigenvalue weighted by Crippen LogP contribution is -2.05. The first-order chi connectivity index (χ1) is 17.6. The topological polar surface area (TPSA) is 81.8 Å². The number of rotatable bonds is 12. The van der Waals surface area contributed by atoms with Gasteiger partial charge in [-0.25, -0.2) is 0 Å². The second-order valence-corrected chi connectivity index (χ2v) is 9.61. The lowest BCUT2D eigenvalue weighted by molar-refractivity contribution is -0.136. The van der Waals surface area contributed by atoms with E-state index < -0.39 is 5.97 Å². The van der Waals surface area contributed by atoms with Gasteiger partial charge in [-0.15, -0.1) is 0 Å². The molecule has 4 aromatic rings. The van der Waals surface area contributed by atoms with Crippen molar-refractivity contribution in [3.63, 3.8) is 0 Å². The predicted molar refractivity (Wildman–Crippen MR) is 139 cm³/mol. The summed E-state index contributed by atoms with van der Waals surface area (Å²) in [6.07, 6.45) is 4.98. The summed E-state index contributed by atoms with van der Waals surface area (Å²) in [5.41, 5.74) is 4.48. The lowest BCUT2D eigenvalue weighted by atomic mass is 10.0. The number of benzene rings is 3. The molecule has 0 amide bonds. The van der Waals surface area contributed by atoms with E-state index in [4.69, 9.17) is 30.7 Å². The van der Waals surface area contributed by atoms with Gasteiger partial charge >= 0.3 is 5.97 Å². The Morgan fingerprint density at radius 1 is 1.00 bits per heavy atom. The molecule has 0 aliphatic heterocycles. The van der Waals surface area contributed by atoms with E-state index >= 15 is 0 Å². The van der Waals surface area contributed by atoms with Crippen LogP contribution in [0.1, 0.15) is 36.8 Å². The first-order valence-electron chi connectivity index (χ1n) is 12.3. The highest BCUT2D eigenvalue weighted by Crippen LogP contribution is 2.40. The van der Waals surface area contributed by atoms with Gasteiger partial charge in [-0.2, -0.15) is 0 Å². The third-order valence-electron chi connectivity index (χ3n) is 6.34. The number of carboxylic acid groups (broad SMARTS) is 1. The van der Waals surface area contributed by atoms with Crippen LogP contribution in [0, 0.1) is 5.92 Å². The molecule has 1 N–H and O–H groups in total. The average Bonchev–Trinajstić information content (AvgIpc) is 3.59. The van der Waals surface area contributed by atoms with Crippen molar-refractivity contribution in [2.45, 2.75) is 38.5 Å². The summed E-state index contributed by atoms with van der Waals surface area (Å²) < 4.78 is 17.8. The van der Waals surface area contributed by atoms with Gasteiger partial charge in [0.05, 0.1) is 30.0 Å². The third-order valence-corrected chi connectivity index (χ3v) is 6.64. The number of aromatic nitrogens is 1. The Labute approximate surface area is 214 Å². The molecule has 36 heavy (non-hydrogen) atoms. The molecule has 0 atom stereocenters. The molecule has 0 spiro atoms. The highest BCUT2D eigenvalue weighted by atomic mass is 35.5. The number of carboxylic acids is 1. The van der Waals surface area contributed by atoms with Crippen molar-refractivity contribution in [1.29, 1.82) is 0 Å². The summed E-state index contributed by atoms with van der Waals surface area (Å²) >= 11 is 6.23. The van der Waals surface area contributed by atoms with Gasteiger partial charge in [0.25, 0.3) is 0 Å². The minimum atomic E-state index is -0.890. The summed E-state index contributed by atoms with van der Waals surface area (Å²) in [5, 5.41) is 14.7. The van der Waals surface area contributed by atoms with Crippen LogP contribution in [0.2, 0.25) is 5.02 Å². The van der Waals surface area contributed by atoms with Crippen molar-refractivity contribution in [2.24, 2.45) is 5.92 Å². The van der Waals surface area contributed by atoms with Gasteiger partial charge in [-0.05, 0) is 67.9 Å². The molecule has 0 unspecified atom stereocenters. The molecule has 1 aliphatic carbocycles. The number of carbonyl (C=O) groups is 1. The zero-order chi connectivity index (χ0) is 24.9. The van der Waals surface area contributed by atoms with Crippen LogP contribution in [-0.4, -0.2) is 29.4 Å². The fraction of sp³-hybridized carbons (Fsp3) is 0.310. The van der Waals surface area contributed by atoms with Gasteiger partial charge in [0, 0.05) is 11.1 Å². The van der Waals surface area contributed by atoms with E-state index in [2.05, 4.69) is 5.16 Å². The van der Waals surface area contributed by atoms with Crippen LogP contribution in [0.15, 0.2) is 65.2 Å². The molecule has 1 aliphatic rings. The van der Waals surface area contributed by atoms with Gasteiger partial charge in [0.1, 0.15) is 17.2 Å². The molecule has 1 heterocycles. The minimum absolute atomic E-state index is 0.0620. The Morgan fingerprint density at radius 2 is 1.72 bits per heavy atom. The second-order valence-electron chi connectivity index (χ2n) is 9.20. The zero-order valence-electron chi connectivity index (χ0n) is 19.9. The number of unbranched alkanes of at least 4 members (excludes halogenated alkanes) is 1. The average molecular weight is 506 g/mol. The van der Waals surface area contributed by atoms with E-state index in [9.17, 15) is 4.79 Å². The molecule has 0 bridgehead atoms. The lowest BCUT2D eigenvalue weighted by Gasteiger charge is -2.12. The van der Waals surface area contributed by atoms with Crippen molar-refractivity contribution in [2.75, 3.05) is 13.2 Å². The normalized spacial score (nSPS) is 13.1. The smallest absolute Gasteiger partial charge is 0.307 e. The van der Waals surface area contributed by atoms with Crippen LogP contribution in [0.25, 0.3) is 22.2 Å². The number of hydrogen-bond acceptors (Lipinski definition) is 5. The highest BCUT2D eigenvalue weighted by Gasteiger charge is 2.26. The molecule has 7 heteroatoms. The first kappa shape index (κ1) is 24.2. The molecule has 5 rings (SSSR count). The van der Waals surface area contributed by atoms with E-state index in [-0.39, 0.29) is 6.42 Å². The molecular formula is C29H28ClNO5. The molecule has 3 aromatic carbocycles. The van der Waals surface area contributed by atoms with Gasteiger partial charge in [0.15, 0.2) is 5.58 Å². The Bertz CT molecular complexity index is 1350. The summed E-state index contributed by atoms with van der Waals surface area (Å²) in [4.78, 5) is 10.8. The zero-order valence-corrected chi connectivity index (χ0v) is 20.7. The van der Waals surface area contributed by atoms with Crippen molar-refractivity contribution >= 4 is 28.5 Å². The van der Waals surface area contributed by atoms with Crippen molar-refractivity contribution in [3.8, 4) is 22.8 Å². The number of ether oxygens (including phenoxy) is 2. The van der Waals surface area contributed by atoms with Crippen LogP contribution in [0.5, 0.6) is 11.5 Å². The summed E-state index contributed by atoms with van der Waals surface area (Å²) in [5.74, 6) is 1.22. The Balaban J connectivity index is 1.18. The number of nitrogens with zero attached hydrogens (tertiary/aromatic N) is 1. The largest absolute Gasteiger partial charge is 0.493 e. The fourth-order valence-electron chi connectivity index (χ4n) is 4.30. The maximum atomic E-state index is 10.8. The van der Waals surface area contributed by atoms with Crippen LogP contribution >= 0.6 is 11.6 Å². The highest BCUT2D eigenvalue weighted by molar-refractivity contribution is 6.32. The van der Waals surface area contributed by atoms with Gasteiger partial charge in [-0.3, -0.25) is 4.79 Å². The van der Waals surface area contributed by atoms with E-state index in [1.165, 1.54) is 12.8 Å². The van der Waals surface area contributed by atoms with Gasteiger partial charge in [-0.1, -0.05) is 53.2 Å². The quantitative estimate of drug-likeness (QED) is 0.209. The van der Waals surface area contributed by atoms with Gasteiger partial charge < -0.3 is 19.1 Å². The van der Waals surface area contributed by atoms with Crippen molar-refractivity contribution in [1.82, 2.24) is 5.16 Å². The monoisotopic (exact) mass is 505 g/mol. The van der Waals surface area contributed by atoms with E-state index in [1.54, 1.807) is 18.2 Å². The Morgan fingerprint density at radius 3 is 2.42 bits per heavy atom. The second kappa shape index (κ2) is 11.0. The van der Waals surface area contributed by atoms with Crippen LogP contribution < -0.4 is 9.47 Å². The number of aliphatic carboxylic acids is 1. The number of hydrogen-bond donors (Lipinski definition) is 1. The molecule has 186 valence electrons. The van der Waals surface area contributed by atoms with Crippen LogP contribution in [-0.2, 0) is 17.6 Å². The molecule has 1 saturated carbocycles. The molecule has 6 nitrogen and oxygen atoms in total. The standard InChI is InChI=1S/C29H28ClNO5/c30-24-17-20(18-27(32)33)10-12-26(24)35-15-5-4-14-34-25-13-11-22-28(21-6-2-1-3-7-21)31-36-29(22)23(25)16-19-8-9-19/h1-3,6-7,10-13,17,19H,4-5,8-9,14-16,18H2,(H,32,33). The van der Waals surface area contributed by atoms with Crippen LogP contribution in [0.3, 0.4) is 0 Å². The number of fused-ring (bicyclic) bond motifs is 1. The van der Waals surface area contributed by atoms with Gasteiger partial charge in [0.2, 0.25) is 0 Å². The van der Waals surface area contributed by atoms with Crippen LogP contribution in [0.4, 0.5) is 0 Å². The molecular weight excluding hydrogens is 478 g/mol. The molecule has 0 radical (unpaired) electrons. The Kier molecular flexibility index (Phi) is 7.42. The fourth-order valence-corrected chi connectivity index (χ4v) is 4.56. The summed E-state index contributed by atoms with van der Waals surface area (Å²) in [6.45, 7) is 1.06. The molecule has 0 saturated heterocycles. The summed E-state index contributed by atoms with van der Waals surface area (Å²) in [6, 6.07) is 19.3. The maximum Gasteiger partial charge on any atom is 0.307 e. The third kappa shape index (κ3) is 5.82. The van der Waals surface area contributed by atoms with Crippen molar-refractivity contribution < 1.29 is 23.9 Å². The number of halogens is 1. The first-order valence-corrected chi connectivity index (χ1v) is 12.7. The molecule has 1 aromatic heterocycles. The SMILES string of the molecule is O=C(O)Cc1ccc(OCCCCOc2ccc3c(-c4ccccc4)noc3c2CC2CC2)c(Cl)c1. The van der Waals surface area contributed by atoms with E-state index in [0.29, 0.717) is 35.5 Å². The Hall–Kier alpha value is -3.51. The van der Waals surface area contributed by atoms with E-state index in [0.717, 1.165) is 52.8 Å².